The second-order valence-electron chi connectivity index (χ2n) is 3.95. The van der Waals surface area contributed by atoms with Crippen molar-refractivity contribution in [3.05, 3.63) is 17.0 Å². The highest BCUT2D eigenvalue weighted by molar-refractivity contribution is 8.15. The van der Waals surface area contributed by atoms with Crippen LogP contribution in [0.5, 0.6) is 0 Å². The highest BCUT2D eigenvalue weighted by atomic mass is 35.7. The molecule has 9 heteroatoms. The lowest BCUT2D eigenvalue weighted by atomic mass is 10.3. The molecule has 1 amide bonds. The van der Waals surface area contributed by atoms with E-state index in [-0.39, 0.29) is 21.8 Å². The van der Waals surface area contributed by atoms with Gasteiger partial charge in [-0.05, 0) is 19.1 Å². The summed E-state index contributed by atoms with van der Waals surface area (Å²) in [5.74, 6) is -0.238. The Hall–Kier alpha value is -0.440. The molecule has 0 radical (unpaired) electrons. The Morgan fingerprint density at radius 1 is 1.53 bits per heavy atom. The quantitative estimate of drug-likeness (QED) is 0.784. The average molecular weight is 344 g/mol. The molecular weight excluding hydrogens is 330 g/mol. The van der Waals surface area contributed by atoms with Gasteiger partial charge in [0.2, 0.25) is 5.91 Å². The average Bonchev–Trinajstić information content (AvgIpc) is 2.73. The van der Waals surface area contributed by atoms with Crippen molar-refractivity contribution >= 4 is 47.8 Å². The number of hydrogen-bond acceptors (Lipinski definition) is 5. The first-order valence-corrected chi connectivity index (χ1v) is 10.1. The van der Waals surface area contributed by atoms with Crippen LogP contribution in [0.4, 0.5) is 0 Å². The third-order valence-electron chi connectivity index (χ3n) is 2.37. The van der Waals surface area contributed by atoms with Crippen LogP contribution in [-0.2, 0) is 31.1 Å². The molecule has 0 aliphatic heterocycles. The maximum Gasteiger partial charge on any atom is 0.270 e. The van der Waals surface area contributed by atoms with E-state index < -0.39 is 19.9 Å². The van der Waals surface area contributed by atoms with Gasteiger partial charge in [-0.15, -0.1) is 11.3 Å². The molecule has 2 atom stereocenters. The molecular formula is C10H14ClNO4S3. The first kappa shape index (κ1) is 16.6. The number of halogens is 1. The molecule has 0 aliphatic rings. The van der Waals surface area contributed by atoms with E-state index >= 15 is 0 Å². The van der Waals surface area contributed by atoms with Crippen molar-refractivity contribution < 1.29 is 17.4 Å². The minimum absolute atomic E-state index is 0.0278. The molecule has 1 N–H and O–H groups in total. The lowest BCUT2D eigenvalue weighted by Gasteiger charge is -2.09. The highest BCUT2D eigenvalue weighted by Gasteiger charge is 2.15. The SMILES string of the molecule is CC(CNC(=O)Cc1ccc(S(=O)(=O)Cl)s1)S(C)=O. The first-order valence-electron chi connectivity index (χ1n) is 5.32. The van der Waals surface area contributed by atoms with Crippen molar-refractivity contribution in [1.82, 2.24) is 5.32 Å². The number of carbonyl (C=O) groups is 1. The van der Waals surface area contributed by atoms with Gasteiger partial charge < -0.3 is 5.32 Å². The van der Waals surface area contributed by atoms with E-state index in [2.05, 4.69) is 5.32 Å². The largest absolute Gasteiger partial charge is 0.355 e. The van der Waals surface area contributed by atoms with E-state index in [1.165, 1.54) is 6.07 Å². The Bertz CT molecular complexity index is 581. The van der Waals surface area contributed by atoms with Gasteiger partial charge in [0.05, 0.1) is 6.42 Å². The molecule has 0 aliphatic carbocycles. The summed E-state index contributed by atoms with van der Waals surface area (Å²) in [4.78, 5) is 12.2. The molecule has 0 saturated carbocycles. The Labute approximate surface area is 123 Å². The molecule has 1 rings (SSSR count). The first-order chi connectivity index (χ1) is 8.70. The molecule has 0 aromatic carbocycles. The summed E-state index contributed by atoms with van der Waals surface area (Å²) in [6, 6.07) is 2.93. The van der Waals surface area contributed by atoms with Crippen LogP contribution < -0.4 is 5.32 Å². The monoisotopic (exact) mass is 343 g/mol. The molecule has 0 bridgehead atoms. The molecule has 5 nitrogen and oxygen atoms in total. The fourth-order valence-electron chi connectivity index (χ4n) is 1.18. The van der Waals surface area contributed by atoms with Gasteiger partial charge >= 0.3 is 0 Å². The van der Waals surface area contributed by atoms with Gasteiger partial charge in [0.25, 0.3) is 9.05 Å². The molecule has 0 saturated heterocycles. The number of carbonyl (C=O) groups excluding carboxylic acids is 1. The minimum Gasteiger partial charge on any atom is -0.355 e. The summed E-state index contributed by atoms with van der Waals surface area (Å²) in [7, 11) is 0.469. The van der Waals surface area contributed by atoms with Crippen LogP contribution in [0.1, 0.15) is 11.8 Å². The number of thiophene rings is 1. The lowest BCUT2D eigenvalue weighted by molar-refractivity contribution is -0.120. The summed E-state index contributed by atoms with van der Waals surface area (Å²) >= 11 is 0.968. The topological polar surface area (TPSA) is 80.3 Å². The van der Waals surface area contributed by atoms with Gasteiger partial charge in [0.15, 0.2) is 0 Å². The van der Waals surface area contributed by atoms with E-state index in [9.17, 15) is 17.4 Å². The van der Waals surface area contributed by atoms with Crippen LogP contribution in [0.2, 0.25) is 0 Å². The van der Waals surface area contributed by atoms with Gasteiger partial charge in [-0.3, -0.25) is 9.00 Å². The fourth-order valence-corrected chi connectivity index (χ4v) is 3.62. The lowest BCUT2D eigenvalue weighted by Crippen LogP contribution is -2.33. The van der Waals surface area contributed by atoms with Crippen LogP contribution in [0.15, 0.2) is 16.3 Å². The summed E-state index contributed by atoms with van der Waals surface area (Å²) in [5.41, 5.74) is 0. The summed E-state index contributed by atoms with van der Waals surface area (Å²) in [5, 5.41) is 2.53. The van der Waals surface area contributed by atoms with Gasteiger partial charge in [-0.1, -0.05) is 0 Å². The zero-order valence-corrected chi connectivity index (χ0v) is 13.6. The van der Waals surface area contributed by atoms with Gasteiger partial charge in [0.1, 0.15) is 4.21 Å². The maximum atomic E-state index is 11.6. The van der Waals surface area contributed by atoms with Crippen molar-refractivity contribution in [1.29, 1.82) is 0 Å². The second kappa shape index (κ2) is 6.83. The Balaban J connectivity index is 2.54. The molecule has 0 spiro atoms. The third kappa shape index (κ3) is 5.60. The number of rotatable bonds is 6. The van der Waals surface area contributed by atoms with Gasteiger partial charge in [-0.2, -0.15) is 0 Å². The van der Waals surface area contributed by atoms with E-state index in [1.54, 1.807) is 19.2 Å². The second-order valence-corrected chi connectivity index (χ2v) is 9.71. The highest BCUT2D eigenvalue weighted by Crippen LogP contribution is 2.24. The van der Waals surface area contributed by atoms with E-state index in [0.29, 0.717) is 11.4 Å². The molecule has 19 heavy (non-hydrogen) atoms. The predicted molar refractivity (Wildman–Crippen MR) is 77.6 cm³/mol. The van der Waals surface area contributed by atoms with Gasteiger partial charge in [0, 0.05) is 44.4 Å². The normalized spacial score (nSPS) is 14.9. The van der Waals surface area contributed by atoms with Crippen molar-refractivity contribution in [3.63, 3.8) is 0 Å². The van der Waals surface area contributed by atoms with E-state index in [1.807, 2.05) is 0 Å². The smallest absolute Gasteiger partial charge is 0.270 e. The molecule has 1 aromatic rings. The van der Waals surface area contributed by atoms with Crippen LogP contribution in [-0.4, -0.2) is 36.6 Å². The molecule has 108 valence electrons. The van der Waals surface area contributed by atoms with Crippen molar-refractivity contribution in [2.45, 2.75) is 22.8 Å². The summed E-state index contributed by atoms with van der Waals surface area (Å²) in [6.45, 7) is 2.10. The van der Waals surface area contributed by atoms with Crippen molar-refractivity contribution in [2.24, 2.45) is 0 Å². The Morgan fingerprint density at radius 2 is 2.16 bits per heavy atom. The number of nitrogens with one attached hydrogen (secondary N) is 1. The number of amides is 1. The Morgan fingerprint density at radius 3 is 2.63 bits per heavy atom. The van der Waals surface area contributed by atoms with Gasteiger partial charge in [-0.25, -0.2) is 8.42 Å². The van der Waals surface area contributed by atoms with Crippen molar-refractivity contribution in [2.75, 3.05) is 12.8 Å². The number of hydrogen-bond donors (Lipinski definition) is 1. The van der Waals surface area contributed by atoms with E-state index in [0.717, 1.165) is 11.3 Å². The molecule has 1 heterocycles. The maximum absolute atomic E-state index is 11.6. The Kier molecular flexibility index (Phi) is 5.97. The van der Waals surface area contributed by atoms with Crippen molar-refractivity contribution in [3.8, 4) is 0 Å². The minimum atomic E-state index is -3.74. The standard InChI is InChI=1S/C10H14ClNO4S3/c1-7(18(2)14)6-12-9(13)5-8-3-4-10(17-8)19(11,15)16/h3-4,7H,5-6H2,1-2H3,(H,12,13). The molecule has 0 fully saturated rings. The zero-order chi connectivity index (χ0) is 14.6. The fraction of sp³-hybridized carbons (Fsp3) is 0.500. The van der Waals surface area contributed by atoms with Crippen LogP contribution in [0.3, 0.4) is 0 Å². The van der Waals surface area contributed by atoms with Crippen LogP contribution >= 0.6 is 22.0 Å². The van der Waals surface area contributed by atoms with Crippen LogP contribution in [0, 0.1) is 0 Å². The summed E-state index contributed by atoms with van der Waals surface area (Å²) < 4.78 is 33.3. The zero-order valence-electron chi connectivity index (χ0n) is 10.4. The third-order valence-corrected chi connectivity index (χ3v) is 6.84. The predicted octanol–water partition coefficient (Wildman–Crippen LogP) is 1.10. The van der Waals surface area contributed by atoms with E-state index in [4.69, 9.17) is 10.7 Å². The molecule has 1 aromatic heterocycles. The molecule has 2 unspecified atom stereocenters. The van der Waals surface area contributed by atoms with Crippen LogP contribution in [0.25, 0.3) is 0 Å². The summed E-state index contributed by atoms with van der Waals surface area (Å²) in [6.07, 6.45) is 1.66.